The Balaban J connectivity index is 1.93. The van der Waals surface area contributed by atoms with Gasteiger partial charge in [-0.2, -0.15) is 0 Å². The molecule has 0 spiro atoms. The Hall–Kier alpha value is -0.530. The molecule has 2 unspecified atom stereocenters. The van der Waals surface area contributed by atoms with Gasteiger partial charge in [0, 0.05) is 13.0 Å². The first-order valence-electron chi connectivity index (χ1n) is 4.94. The standard InChI is InChI=1S/C10H17NO/c1-6-3-10(11-7(2)12)9-4-8(6)5-9/h6,8-10H,3-5H2,1-2H3,(H,11,12). The minimum Gasteiger partial charge on any atom is -0.353 e. The lowest BCUT2D eigenvalue weighted by atomic mass is 9.58. The largest absolute Gasteiger partial charge is 0.353 e. The fraction of sp³-hybridized carbons (Fsp3) is 0.900. The van der Waals surface area contributed by atoms with E-state index in [1.165, 1.54) is 19.3 Å². The predicted octanol–water partition coefficient (Wildman–Crippen LogP) is 1.56. The smallest absolute Gasteiger partial charge is 0.217 e. The van der Waals surface area contributed by atoms with Gasteiger partial charge in [-0.25, -0.2) is 0 Å². The Labute approximate surface area is 73.7 Å². The molecule has 0 aromatic rings. The first-order chi connectivity index (χ1) is 5.66. The molecule has 3 aliphatic carbocycles. The average Bonchev–Trinajstić information content (AvgIpc) is 1.79. The highest BCUT2D eigenvalue weighted by Crippen LogP contribution is 2.48. The monoisotopic (exact) mass is 167 g/mol. The zero-order chi connectivity index (χ0) is 8.72. The van der Waals surface area contributed by atoms with E-state index in [0.717, 1.165) is 17.8 Å². The quantitative estimate of drug-likeness (QED) is 0.631. The summed E-state index contributed by atoms with van der Waals surface area (Å²) in [6.45, 7) is 3.93. The van der Waals surface area contributed by atoms with E-state index >= 15 is 0 Å². The van der Waals surface area contributed by atoms with Crippen LogP contribution in [-0.2, 0) is 4.79 Å². The molecule has 0 heterocycles. The summed E-state index contributed by atoms with van der Waals surface area (Å²) in [6.07, 6.45) is 3.91. The van der Waals surface area contributed by atoms with Crippen molar-refractivity contribution in [1.29, 1.82) is 0 Å². The molecular formula is C10H17NO. The summed E-state index contributed by atoms with van der Waals surface area (Å²) in [5, 5.41) is 3.06. The summed E-state index contributed by atoms with van der Waals surface area (Å²) in [5.41, 5.74) is 0. The zero-order valence-corrected chi connectivity index (χ0v) is 7.84. The summed E-state index contributed by atoms with van der Waals surface area (Å²) in [6, 6.07) is 0.488. The Morgan fingerprint density at radius 1 is 1.25 bits per heavy atom. The average molecular weight is 167 g/mol. The fourth-order valence-corrected chi connectivity index (χ4v) is 2.73. The lowest BCUT2D eigenvalue weighted by Crippen LogP contribution is -2.52. The van der Waals surface area contributed by atoms with Crippen molar-refractivity contribution in [2.24, 2.45) is 17.8 Å². The van der Waals surface area contributed by atoms with Crippen LogP contribution in [0.2, 0.25) is 0 Å². The lowest BCUT2D eigenvalue weighted by molar-refractivity contribution is -0.121. The fourth-order valence-electron chi connectivity index (χ4n) is 2.73. The first-order valence-corrected chi connectivity index (χ1v) is 4.94. The summed E-state index contributed by atoms with van der Waals surface area (Å²) in [5.74, 6) is 2.74. The van der Waals surface area contributed by atoms with Crippen LogP contribution in [0.5, 0.6) is 0 Å². The Kier molecular flexibility index (Phi) is 1.85. The van der Waals surface area contributed by atoms with Crippen LogP contribution in [0.3, 0.4) is 0 Å². The van der Waals surface area contributed by atoms with Gasteiger partial charge in [0.25, 0.3) is 0 Å². The number of hydrogen-bond donors (Lipinski definition) is 1. The molecule has 0 aromatic carbocycles. The van der Waals surface area contributed by atoms with Crippen molar-refractivity contribution in [1.82, 2.24) is 5.32 Å². The SMILES string of the molecule is CC(=O)NC1CC(C)C2CC1C2. The van der Waals surface area contributed by atoms with Gasteiger partial charge in [-0.1, -0.05) is 6.92 Å². The third kappa shape index (κ3) is 1.23. The van der Waals surface area contributed by atoms with E-state index < -0.39 is 0 Å². The maximum Gasteiger partial charge on any atom is 0.217 e. The first kappa shape index (κ1) is 8.09. The molecule has 0 aromatic heterocycles. The highest BCUT2D eigenvalue weighted by atomic mass is 16.1. The number of carbonyl (C=O) groups is 1. The van der Waals surface area contributed by atoms with Crippen LogP contribution in [-0.4, -0.2) is 11.9 Å². The third-order valence-electron chi connectivity index (χ3n) is 3.60. The van der Waals surface area contributed by atoms with Crippen LogP contribution in [0.15, 0.2) is 0 Å². The summed E-state index contributed by atoms with van der Waals surface area (Å²) in [7, 11) is 0. The Morgan fingerprint density at radius 3 is 2.42 bits per heavy atom. The maximum absolute atomic E-state index is 10.9. The molecule has 2 nitrogen and oxygen atoms in total. The number of fused-ring (bicyclic) bond motifs is 2. The third-order valence-corrected chi connectivity index (χ3v) is 3.60. The molecule has 2 heteroatoms. The molecule has 2 bridgehead atoms. The van der Waals surface area contributed by atoms with Crippen LogP contribution >= 0.6 is 0 Å². The minimum absolute atomic E-state index is 0.137. The van der Waals surface area contributed by atoms with E-state index in [-0.39, 0.29) is 5.91 Å². The van der Waals surface area contributed by atoms with Gasteiger partial charge in [0.05, 0.1) is 0 Å². The topological polar surface area (TPSA) is 29.1 Å². The summed E-state index contributed by atoms with van der Waals surface area (Å²) >= 11 is 0. The van der Waals surface area contributed by atoms with Crippen molar-refractivity contribution >= 4 is 5.91 Å². The van der Waals surface area contributed by atoms with Crippen molar-refractivity contribution in [2.75, 3.05) is 0 Å². The number of hydrogen-bond acceptors (Lipinski definition) is 1. The normalized spacial score (nSPS) is 44.8. The molecule has 0 saturated heterocycles. The van der Waals surface area contributed by atoms with Gasteiger partial charge in [0.1, 0.15) is 0 Å². The van der Waals surface area contributed by atoms with E-state index in [4.69, 9.17) is 0 Å². The van der Waals surface area contributed by atoms with Gasteiger partial charge < -0.3 is 5.32 Å². The highest BCUT2D eigenvalue weighted by Gasteiger charge is 2.44. The molecule has 3 fully saturated rings. The number of amides is 1. The van der Waals surface area contributed by atoms with Crippen molar-refractivity contribution in [3.8, 4) is 0 Å². The van der Waals surface area contributed by atoms with E-state index in [1.807, 2.05) is 0 Å². The van der Waals surface area contributed by atoms with Gasteiger partial charge >= 0.3 is 0 Å². The van der Waals surface area contributed by atoms with Gasteiger partial charge in [-0.15, -0.1) is 0 Å². The zero-order valence-electron chi connectivity index (χ0n) is 7.84. The summed E-state index contributed by atoms with van der Waals surface area (Å²) in [4.78, 5) is 10.9. The molecule has 2 atom stereocenters. The molecule has 3 rings (SSSR count). The van der Waals surface area contributed by atoms with E-state index in [1.54, 1.807) is 6.92 Å². The van der Waals surface area contributed by atoms with Crippen LogP contribution in [0.4, 0.5) is 0 Å². The molecule has 12 heavy (non-hydrogen) atoms. The maximum atomic E-state index is 10.9. The van der Waals surface area contributed by atoms with Crippen molar-refractivity contribution in [3.05, 3.63) is 0 Å². The van der Waals surface area contributed by atoms with Crippen molar-refractivity contribution in [2.45, 2.75) is 39.2 Å². The van der Waals surface area contributed by atoms with Crippen LogP contribution in [0.25, 0.3) is 0 Å². The molecule has 3 saturated carbocycles. The van der Waals surface area contributed by atoms with Gasteiger partial charge in [0.2, 0.25) is 5.91 Å². The number of carbonyl (C=O) groups excluding carboxylic acids is 1. The van der Waals surface area contributed by atoms with E-state index in [0.29, 0.717) is 6.04 Å². The Bertz CT molecular complexity index is 196. The molecular weight excluding hydrogens is 150 g/mol. The summed E-state index contributed by atoms with van der Waals surface area (Å²) < 4.78 is 0. The Morgan fingerprint density at radius 2 is 1.92 bits per heavy atom. The minimum atomic E-state index is 0.137. The predicted molar refractivity (Wildman–Crippen MR) is 47.6 cm³/mol. The van der Waals surface area contributed by atoms with E-state index in [2.05, 4.69) is 12.2 Å². The molecule has 3 aliphatic rings. The lowest BCUT2D eigenvalue weighted by Gasteiger charge is -2.50. The molecule has 1 N–H and O–H groups in total. The van der Waals surface area contributed by atoms with Crippen molar-refractivity contribution in [3.63, 3.8) is 0 Å². The van der Waals surface area contributed by atoms with Crippen LogP contribution in [0.1, 0.15) is 33.1 Å². The second-order valence-electron chi connectivity index (χ2n) is 4.51. The van der Waals surface area contributed by atoms with Crippen LogP contribution in [0, 0.1) is 17.8 Å². The second-order valence-corrected chi connectivity index (χ2v) is 4.51. The highest BCUT2D eigenvalue weighted by molar-refractivity contribution is 5.73. The van der Waals surface area contributed by atoms with Gasteiger partial charge in [0.15, 0.2) is 0 Å². The molecule has 0 aliphatic heterocycles. The molecule has 68 valence electrons. The van der Waals surface area contributed by atoms with Gasteiger partial charge in [-0.3, -0.25) is 4.79 Å². The number of rotatable bonds is 1. The van der Waals surface area contributed by atoms with Crippen LogP contribution < -0.4 is 5.32 Å². The van der Waals surface area contributed by atoms with E-state index in [9.17, 15) is 4.79 Å². The van der Waals surface area contributed by atoms with Crippen molar-refractivity contribution < 1.29 is 4.79 Å². The number of nitrogens with one attached hydrogen (secondary N) is 1. The van der Waals surface area contributed by atoms with Gasteiger partial charge in [-0.05, 0) is 37.0 Å². The molecule has 0 radical (unpaired) electrons. The second kappa shape index (κ2) is 2.75. The molecule has 1 amide bonds.